The van der Waals surface area contributed by atoms with Crippen molar-refractivity contribution < 1.29 is 44.5 Å². The van der Waals surface area contributed by atoms with Gasteiger partial charge in [-0.2, -0.15) is 0 Å². The minimum absolute atomic E-state index is 0.0423. The summed E-state index contributed by atoms with van der Waals surface area (Å²) in [6.45, 7) is -0.607. The van der Waals surface area contributed by atoms with Gasteiger partial charge in [-0.15, -0.1) is 0 Å². The molecule has 1 aliphatic heterocycles. The molecule has 0 unspecified atom stereocenters. The summed E-state index contributed by atoms with van der Waals surface area (Å²) in [6.07, 6.45) is -6.13. The molecular formula is C21H20O10. The van der Waals surface area contributed by atoms with Gasteiger partial charge in [-0.1, -0.05) is 0 Å². The van der Waals surface area contributed by atoms with Crippen LogP contribution in [0.1, 0.15) is 0 Å². The minimum Gasteiger partial charge on any atom is -0.508 e. The van der Waals surface area contributed by atoms with Gasteiger partial charge in [0.05, 0.1) is 17.6 Å². The van der Waals surface area contributed by atoms with E-state index in [0.29, 0.717) is 0 Å². The maximum atomic E-state index is 12.8. The smallest absolute Gasteiger partial charge is 0.229 e. The van der Waals surface area contributed by atoms with Crippen LogP contribution in [-0.4, -0.2) is 68.0 Å². The lowest BCUT2D eigenvalue weighted by Crippen LogP contribution is -2.60. The first-order chi connectivity index (χ1) is 14.8. The summed E-state index contributed by atoms with van der Waals surface area (Å²) in [5.41, 5.74) is 0.00919. The highest BCUT2D eigenvalue weighted by atomic mass is 16.7. The van der Waals surface area contributed by atoms with Crippen molar-refractivity contribution in [2.75, 3.05) is 6.61 Å². The van der Waals surface area contributed by atoms with Gasteiger partial charge in [-0.05, 0) is 24.3 Å². The summed E-state index contributed by atoms with van der Waals surface area (Å²) >= 11 is 0. The molecule has 0 bridgehead atoms. The number of hydrogen-bond acceptors (Lipinski definition) is 10. The Morgan fingerprint density at radius 1 is 0.935 bits per heavy atom. The molecule has 4 rings (SSSR count). The van der Waals surface area contributed by atoms with Crippen LogP contribution in [0.2, 0.25) is 0 Å². The van der Waals surface area contributed by atoms with Crippen LogP contribution in [0.25, 0.3) is 22.1 Å². The van der Waals surface area contributed by atoms with Crippen LogP contribution in [0.4, 0.5) is 0 Å². The number of aliphatic hydroxyl groups excluding tert-OH is 4. The Balaban J connectivity index is 1.62. The zero-order valence-electron chi connectivity index (χ0n) is 16.0. The number of phenols is 2. The zero-order chi connectivity index (χ0) is 22.3. The van der Waals surface area contributed by atoms with E-state index in [2.05, 4.69) is 0 Å². The number of aromatic hydroxyl groups is 2. The van der Waals surface area contributed by atoms with Gasteiger partial charge in [0.25, 0.3) is 0 Å². The number of hydrogen-bond donors (Lipinski definition) is 6. The molecule has 0 aliphatic carbocycles. The molecule has 1 saturated heterocycles. The lowest BCUT2D eigenvalue weighted by atomic mass is 9.99. The third kappa shape index (κ3) is 3.82. The van der Waals surface area contributed by atoms with Gasteiger partial charge in [0.15, 0.2) is 0 Å². The van der Waals surface area contributed by atoms with E-state index in [1.165, 1.54) is 36.4 Å². The lowest BCUT2D eigenvalue weighted by Gasteiger charge is -2.39. The first kappa shape index (κ1) is 21.1. The fourth-order valence-corrected chi connectivity index (χ4v) is 3.41. The number of aliphatic hydroxyl groups is 4. The van der Waals surface area contributed by atoms with Crippen molar-refractivity contribution in [1.82, 2.24) is 0 Å². The maximum absolute atomic E-state index is 12.8. The molecule has 1 aromatic heterocycles. The second kappa shape index (κ2) is 8.17. The highest BCUT2D eigenvalue weighted by Gasteiger charge is 2.44. The second-order valence-electron chi connectivity index (χ2n) is 7.15. The Morgan fingerprint density at radius 2 is 1.71 bits per heavy atom. The third-order valence-corrected chi connectivity index (χ3v) is 5.12. The summed E-state index contributed by atoms with van der Waals surface area (Å²) in [5, 5.41) is 59.1. The van der Waals surface area contributed by atoms with E-state index in [-0.39, 0.29) is 39.3 Å². The van der Waals surface area contributed by atoms with Crippen molar-refractivity contribution in [2.45, 2.75) is 30.7 Å². The Hall–Kier alpha value is -3.15. The molecule has 3 aromatic rings. The number of rotatable bonds is 4. The fourth-order valence-electron chi connectivity index (χ4n) is 3.41. The lowest BCUT2D eigenvalue weighted by molar-refractivity contribution is -0.277. The molecule has 1 fully saturated rings. The molecule has 6 N–H and O–H groups in total. The van der Waals surface area contributed by atoms with Crippen molar-refractivity contribution in [3.05, 3.63) is 52.9 Å². The van der Waals surface area contributed by atoms with Gasteiger partial charge in [0.1, 0.15) is 53.5 Å². The van der Waals surface area contributed by atoms with Crippen LogP contribution in [-0.2, 0) is 4.74 Å². The Labute approximate surface area is 174 Å². The highest BCUT2D eigenvalue weighted by Crippen LogP contribution is 2.33. The fraction of sp³-hybridized carbons (Fsp3) is 0.286. The van der Waals surface area contributed by atoms with Crippen LogP contribution in [0.3, 0.4) is 0 Å². The third-order valence-electron chi connectivity index (χ3n) is 5.12. The van der Waals surface area contributed by atoms with E-state index in [1.807, 2.05) is 0 Å². The van der Waals surface area contributed by atoms with Crippen LogP contribution in [0, 0.1) is 0 Å². The van der Waals surface area contributed by atoms with E-state index >= 15 is 0 Å². The first-order valence-electron chi connectivity index (χ1n) is 9.35. The molecule has 10 nitrogen and oxygen atoms in total. The van der Waals surface area contributed by atoms with E-state index in [0.717, 1.165) is 6.26 Å². The molecule has 0 saturated carbocycles. The molecule has 0 spiro atoms. The second-order valence-corrected chi connectivity index (χ2v) is 7.15. The molecule has 2 heterocycles. The van der Waals surface area contributed by atoms with Gasteiger partial charge < -0.3 is 44.5 Å². The van der Waals surface area contributed by atoms with Gasteiger partial charge in [-0.25, -0.2) is 0 Å². The number of ether oxygens (including phenoxy) is 2. The molecule has 0 radical (unpaired) electrons. The summed E-state index contributed by atoms with van der Waals surface area (Å²) in [7, 11) is 0. The molecule has 10 heteroatoms. The molecule has 5 atom stereocenters. The van der Waals surface area contributed by atoms with Crippen LogP contribution in [0.5, 0.6) is 17.2 Å². The highest BCUT2D eigenvalue weighted by molar-refractivity contribution is 5.83. The first-order valence-corrected chi connectivity index (χ1v) is 9.35. The molecule has 31 heavy (non-hydrogen) atoms. The van der Waals surface area contributed by atoms with E-state index < -0.39 is 42.7 Å². The van der Waals surface area contributed by atoms with Crippen molar-refractivity contribution >= 4 is 11.0 Å². The summed E-state index contributed by atoms with van der Waals surface area (Å²) in [5.74, 6) is -0.339. The van der Waals surface area contributed by atoms with E-state index in [4.69, 9.17) is 13.9 Å². The average molecular weight is 432 g/mol. The number of phenolic OH excluding ortho intramolecular Hbond substituents is 2. The van der Waals surface area contributed by atoms with Crippen molar-refractivity contribution in [1.29, 1.82) is 0 Å². The summed E-state index contributed by atoms with van der Waals surface area (Å²) in [6, 6.07) is 8.03. The normalized spacial score (nSPS) is 26.1. The maximum Gasteiger partial charge on any atom is 0.229 e. The van der Waals surface area contributed by atoms with E-state index in [1.54, 1.807) is 0 Å². The van der Waals surface area contributed by atoms with Gasteiger partial charge in [0, 0.05) is 17.7 Å². The van der Waals surface area contributed by atoms with Crippen LogP contribution in [0.15, 0.2) is 51.9 Å². The van der Waals surface area contributed by atoms with Gasteiger partial charge in [-0.3, -0.25) is 4.79 Å². The van der Waals surface area contributed by atoms with Crippen LogP contribution < -0.4 is 10.2 Å². The Morgan fingerprint density at radius 3 is 2.42 bits per heavy atom. The minimum atomic E-state index is -1.61. The quantitative estimate of drug-likeness (QED) is 0.331. The summed E-state index contributed by atoms with van der Waals surface area (Å²) in [4.78, 5) is 12.8. The van der Waals surface area contributed by atoms with Crippen molar-refractivity contribution in [3.63, 3.8) is 0 Å². The molecule has 1 aliphatic rings. The van der Waals surface area contributed by atoms with Gasteiger partial charge in [0.2, 0.25) is 11.7 Å². The SMILES string of the molecule is O=c1c(-c2ccc(O[C@@H]3O[C@H](CO)[C@@H](O)[C@H](O)[C@H]3O)cc2O)coc2cc(O)ccc12. The van der Waals surface area contributed by atoms with E-state index in [9.17, 15) is 35.4 Å². The molecular weight excluding hydrogens is 412 g/mol. The molecule has 164 valence electrons. The topological polar surface area (TPSA) is 170 Å². The standard InChI is InChI=1S/C21H20O10/c22-7-16-18(26)19(27)20(28)21(31-16)30-10-2-4-11(14(24)6-10)13-8-29-15-5-9(23)1-3-12(15)17(13)25/h1-6,8,16,18-24,26-28H,7H2/t16-,18-,19+,20-,21-/m1/s1. The number of fused-ring (bicyclic) bond motifs is 1. The summed E-state index contributed by atoms with van der Waals surface area (Å²) < 4.78 is 16.1. The van der Waals surface area contributed by atoms with Crippen molar-refractivity contribution in [3.8, 4) is 28.4 Å². The predicted octanol–water partition coefficient (Wildman–Crippen LogP) is 0.0499. The number of benzene rings is 2. The van der Waals surface area contributed by atoms with Crippen LogP contribution >= 0.6 is 0 Å². The predicted molar refractivity (Wildman–Crippen MR) is 106 cm³/mol. The van der Waals surface area contributed by atoms with Gasteiger partial charge >= 0.3 is 0 Å². The average Bonchev–Trinajstić information content (AvgIpc) is 2.75. The molecule has 2 aromatic carbocycles. The Kier molecular flexibility index (Phi) is 5.56. The Bertz CT molecular complexity index is 1150. The monoisotopic (exact) mass is 432 g/mol. The zero-order valence-corrected chi connectivity index (χ0v) is 16.0. The largest absolute Gasteiger partial charge is 0.508 e. The molecule has 0 amide bonds. The van der Waals surface area contributed by atoms with Crippen molar-refractivity contribution in [2.24, 2.45) is 0 Å².